The first-order valence-electron chi connectivity index (χ1n) is 13.8. The first-order valence-corrected chi connectivity index (χ1v) is 14.9. The average molecular weight is 651 g/mol. The molecule has 0 unspecified atom stereocenters. The van der Waals surface area contributed by atoms with Crippen molar-refractivity contribution in [3.63, 3.8) is 0 Å². The van der Waals surface area contributed by atoms with Crippen LogP contribution in [0.15, 0.2) is 76.6 Å². The molecular formula is C34H30Cl3N3O4. The van der Waals surface area contributed by atoms with Gasteiger partial charge >= 0.3 is 0 Å². The van der Waals surface area contributed by atoms with E-state index in [2.05, 4.69) is 18.9 Å². The number of halogens is 3. The summed E-state index contributed by atoms with van der Waals surface area (Å²) in [4.78, 5) is 18.8. The molecular weight excluding hydrogens is 621 g/mol. The minimum absolute atomic E-state index is 0.126. The largest absolute Gasteiger partial charge is 0.496 e. The number of aromatic nitrogens is 2. The molecule has 0 bridgehead atoms. The van der Waals surface area contributed by atoms with Crippen molar-refractivity contribution in [2.24, 2.45) is 5.10 Å². The number of methoxy groups -OCH3 is 2. The normalized spacial score (nSPS) is 11.5. The number of nitrogens with zero attached hydrogens (tertiary/aromatic N) is 3. The van der Waals surface area contributed by atoms with Crippen molar-refractivity contribution >= 4 is 51.9 Å². The molecule has 0 saturated carbocycles. The Kier molecular flexibility index (Phi) is 9.49. The number of hydrogen-bond acceptors (Lipinski definition) is 6. The van der Waals surface area contributed by atoms with E-state index in [0.717, 1.165) is 28.0 Å². The van der Waals surface area contributed by atoms with Gasteiger partial charge in [-0.3, -0.25) is 4.79 Å². The zero-order chi connectivity index (χ0) is 31.5. The molecule has 0 aliphatic heterocycles. The van der Waals surface area contributed by atoms with Crippen LogP contribution >= 0.6 is 34.8 Å². The number of rotatable bonds is 9. The molecule has 226 valence electrons. The summed E-state index contributed by atoms with van der Waals surface area (Å²) in [6, 6.07) is 19.6. The second kappa shape index (κ2) is 13.3. The van der Waals surface area contributed by atoms with Gasteiger partial charge in [0, 0.05) is 37.8 Å². The maximum atomic E-state index is 13.9. The van der Waals surface area contributed by atoms with Gasteiger partial charge in [0.15, 0.2) is 17.3 Å². The quantitative estimate of drug-likeness (QED) is 0.149. The van der Waals surface area contributed by atoms with Crippen molar-refractivity contribution in [3.8, 4) is 28.6 Å². The summed E-state index contributed by atoms with van der Waals surface area (Å²) in [6.45, 7) is 6.25. The Bertz CT molecular complexity index is 1950. The van der Waals surface area contributed by atoms with Crippen molar-refractivity contribution in [3.05, 3.63) is 114 Å². The lowest BCUT2D eigenvalue weighted by Gasteiger charge is -2.18. The number of benzene rings is 4. The second-order valence-corrected chi connectivity index (χ2v) is 11.7. The average Bonchev–Trinajstić information content (AvgIpc) is 3.00. The number of hydrogen-bond donors (Lipinski definition) is 0. The Morgan fingerprint density at radius 1 is 0.932 bits per heavy atom. The van der Waals surface area contributed by atoms with Crippen LogP contribution in [-0.2, 0) is 6.61 Å². The van der Waals surface area contributed by atoms with E-state index < -0.39 is 0 Å². The molecule has 1 heterocycles. The molecule has 0 spiro atoms. The molecule has 5 aromatic rings. The lowest BCUT2D eigenvalue weighted by Crippen LogP contribution is -2.21. The molecule has 10 heteroatoms. The molecule has 0 amide bonds. The highest BCUT2D eigenvalue weighted by Gasteiger charge is 2.19. The molecule has 7 nitrogen and oxygen atoms in total. The van der Waals surface area contributed by atoms with E-state index in [1.165, 1.54) is 18.0 Å². The lowest BCUT2D eigenvalue weighted by atomic mass is 9.96. The van der Waals surface area contributed by atoms with E-state index in [9.17, 15) is 4.79 Å². The molecule has 0 N–H and O–H groups in total. The Labute approximate surface area is 270 Å². The zero-order valence-electron chi connectivity index (χ0n) is 24.8. The predicted molar refractivity (Wildman–Crippen MR) is 179 cm³/mol. The molecule has 0 aliphatic carbocycles. The number of aryl methyl sites for hydroxylation is 1. The van der Waals surface area contributed by atoms with Crippen molar-refractivity contribution in [1.82, 2.24) is 9.66 Å². The summed E-state index contributed by atoms with van der Waals surface area (Å²) in [7, 11) is 3.16. The molecule has 0 fully saturated rings. The standard InChI is InChI=1S/C34H30Cl3N3O4/c1-19(2)26-16-27(20(3)12-30(26)42-4)33-39-29-9-7-6-8-25(29)34(41)40(33)38-17-22-13-24(36)15-31(43-5)32(22)44-18-21-10-11-23(35)14-28(21)37/h6-17,19H,18H2,1-5H3. The first kappa shape index (κ1) is 31.4. The highest BCUT2D eigenvalue weighted by atomic mass is 35.5. The van der Waals surface area contributed by atoms with Crippen LogP contribution in [-0.4, -0.2) is 30.1 Å². The fraction of sp³-hybridized carbons (Fsp3) is 0.206. The maximum absolute atomic E-state index is 13.9. The Morgan fingerprint density at radius 2 is 1.68 bits per heavy atom. The van der Waals surface area contributed by atoms with Gasteiger partial charge in [-0.05, 0) is 66.4 Å². The fourth-order valence-electron chi connectivity index (χ4n) is 4.87. The summed E-state index contributed by atoms with van der Waals surface area (Å²) in [5.41, 5.74) is 4.07. The van der Waals surface area contributed by atoms with E-state index in [4.69, 9.17) is 54.0 Å². The number of fused-ring (bicyclic) bond motifs is 1. The summed E-state index contributed by atoms with van der Waals surface area (Å²) in [6.07, 6.45) is 1.51. The van der Waals surface area contributed by atoms with Crippen LogP contribution in [0, 0.1) is 6.92 Å². The fourth-order valence-corrected chi connectivity index (χ4v) is 5.55. The van der Waals surface area contributed by atoms with E-state index in [1.807, 2.05) is 31.2 Å². The molecule has 0 aliphatic rings. The first-order chi connectivity index (χ1) is 21.1. The summed E-state index contributed by atoms with van der Waals surface area (Å²) in [5, 5.41) is 6.49. The monoisotopic (exact) mass is 649 g/mol. The maximum Gasteiger partial charge on any atom is 0.282 e. The Balaban J connectivity index is 1.67. The Morgan fingerprint density at radius 3 is 2.39 bits per heavy atom. The third-order valence-corrected chi connectivity index (χ3v) is 7.97. The minimum atomic E-state index is -0.326. The van der Waals surface area contributed by atoms with E-state index in [0.29, 0.717) is 48.9 Å². The minimum Gasteiger partial charge on any atom is -0.496 e. The van der Waals surface area contributed by atoms with Crippen molar-refractivity contribution < 1.29 is 14.2 Å². The van der Waals surface area contributed by atoms with Gasteiger partial charge in [0.1, 0.15) is 12.4 Å². The van der Waals surface area contributed by atoms with Crippen LogP contribution in [0.3, 0.4) is 0 Å². The van der Waals surface area contributed by atoms with Crippen LogP contribution in [0.4, 0.5) is 0 Å². The van der Waals surface area contributed by atoms with Gasteiger partial charge in [0.2, 0.25) is 0 Å². The second-order valence-electron chi connectivity index (χ2n) is 10.4. The summed E-state index contributed by atoms with van der Waals surface area (Å²) < 4.78 is 18.7. The zero-order valence-corrected chi connectivity index (χ0v) is 27.1. The topological polar surface area (TPSA) is 74.9 Å². The van der Waals surface area contributed by atoms with Crippen molar-refractivity contribution in [1.29, 1.82) is 0 Å². The van der Waals surface area contributed by atoms with Crippen LogP contribution < -0.4 is 19.8 Å². The highest BCUT2D eigenvalue weighted by Crippen LogP contribution is 2.36. The van der Waals surface area contributed by atoms with Gasteiger partial charge in [-0.15, -0.1) is 0 Å². The molecule has 0 atom stereocenters. The van der Waals surface area contributed by atoms with E-state index in [-0.39, 0.29) is 18.1 Å². The number of ether oxygens (including phenoxy) is 3. The molecule has 0 saturated heterocycles. The Hall–Kier alpha value is -4.04. The predicted octanol–water partition coefficient (Wildman–Crippen LogP) is 8.93. The van der Waals surface area contributed by atoms with Crippen molar-refractivity contribution in [2.45, 2.75) is 33.3 Å². The van der Waals surface area contributed by atoms with Gasteiger partial charge in [-0.2, -0.15) is 9.78 Å². The third kappa shape index (κ3) is 6.41. The van der Waals surface area contributed by atoms with Gasteiger partial charge in [0.25, 0.3) is 5.56 Å². The van der Waals surface area contributed by atoms with Gasteiger partial charge < -0.3 is 14.2 Å². The molecule has 5 rings (SSSR count). The summed E-state index contributed by atoms with van der Waals surface area (Å²) in [5.74, 6) is 2.09. The van der Waals surface area contributed by atoms with Crippen LogP contribution in [0.5, 0.6) is 17.2 Å². The van der Waals surface area contributed by atoms with Crippen LogP contribution in [0.1, 0.15) is 42.0 Å². The van der Waals surface area contributed by atoms with Gasteiger partial charge in [0.05, 0.1) is 31.3 Å². The number of para-hydroxylation sites is 1. The third-order valence-electron chi connectivity index (χ3n) is 7.16. The van der Waals surface area contributed by atoms with E-state index >= 15 is 0 Å². The SMILES string of the molecule is COc1cc(C)c(-c2nc3ccccc3c(=O)n2N=Cc2cc(Cl)cc(OC)c2OCc2ccc(Cl)cc2Cl)cc1C(C)C. The molecule has 1 aromatic heterocycles. The van der Waals surface area contributed by atoms with Crippen LogP contribution in [0.2, 0.25) is 15.1 Å². The smallest absolute Gasteiger partial charge is 0.282 e. The summed E-state index contributed by atoms with van der Waals surface area (Å²) >= 11 is 18.9. The molecule has 44 heavy (non-hydrogen) atoms. The van der Waals surface area contributed by atoms with Crippen LogP contribution in [0.25, 0.3) is 22.3 Å². The van der Waals surface area contributed by atoms with Gasteiger partial charge in [-0.1, -0.05) is 66.8 Å². The van der Waals surface area contributed by atoms with Gasteiger partial charge in [-0.25, -0.2) is 4.98 Å². The van der Waals surface area contributed by atoms with E-state index in [1.54, 1.807) is 49.6 Å². The molecule has 4 aromatic carbocycles. The lowest BCUT2D eigenvalue weighted by molar-refractivity contribution is 0.284. The molecule has 0 radical (unpaired) electrons. The highest BCUT2D eigenvalue weighted by molar-refractivity contribution is 6.35. The van der Waals surface area contributed by atoms with Crippen molar-refractivity contribution in [2.75, 3.05) is 14.2 Å².